The predicted molar refractivity (Wildman–Crippen MR) is 106 cm³/mol. The van der Waals surface area contributed by atoms with Gasteiger partial charge in [-0.05, 0) is 30.2 Å². The second-order valence-corrected chi connectivity index (χ2v) is 7.81. The lowest BCUT2D eigenvalue weighted by Gasteiger charge is -2.16. The first-order valence-electron chi connectivity index (χ1n) is 8.42. The molecule has 0 saturated heterocycles. The first-order valence-corrected chi connectivity index (χ1v) is 9.90. The Labute approximate surface area is 155 Å². The quantitative estimate of drug-likeness (QED) is 0.688. The molecule has 132 valence electrons. The van der Waals surface area contributed by atoms with Gasteiger partial charge in [-0.1, -0.05) is 90.5 Å². The molecule has 4 heteroatoms. The Morgan fingerprint density at radius 3 is 2.00 bits per heavy atom. The summed E-state index contributed by atoms with van der Waals surface area (Å²) in [5.41, 5.74) is 2.92. The van der Waals surface area contributed by atoms with Gasteiger partial charge in [0.05, 0.1) is 10.9 Å². The Balaban J connectivity index is 1.91. The lowest BCUT2D eigenvalue weighted by molar-refractivity contribution is 0.574. The summed E-state index contributed by atoms with van der Waals surface area (Å²) in [6, 6.07) is 25.7. The summed E-state index contributed by atoms with van der Waals surface area (Å²) in [4.78, 5) is 0.261. The Hall–Kier alpha value is -2.69. The third-order valence-corrected chi connectivity index (χ3v) is 5.51. The second-order valence-electron chi connectivity index (χ2n) is 6.09. The van der Waals surface area contributed by atoms with Gasteiger partial charge in [-0.3, -0.25) is 0 Å². The van der Waals surface area contributed by atoms with E-state index < -0.39 is 16.1 Å². The van der Waals surface area contributed by atoms with E-state index >= 15 is 0 Å². The maximum Gasteiger partial charge on any atom is 0.241 e. The molecule has 0 bridgehead atoms. The first kappa shape index (κ1) is 18.1. The third-order valence-electron chi connectivity index (χ3n) is 4.05. The van der Waals surface area contributed by atoms with Crippen molar-refractivity contribution in [2.45, 2.75) is 17.9 Å². The monoisotopic (exact) mass is 363 g/mol. The molecule has 0 radical (unpaired) electrons. The minimum Gasteiger partial charge on any atom is -0.207 e. The molecule has 26 heavy (non-hydrogen) atoms. The van der Waals surface area contributed by atoms with Crippen LogP contribution in [0.3, 0.4) is 0 Å². The molecule has 0 heterocycles. The number of aryl methyl sites for hydroxylation is 1. The summed E-state index contributed by atoms with van der Waals surface area (Å²) in [5.74, 6) is 0. The average Bonchev–Trinajstić information content (AvgIpc) is 2.67. The van der Waals surface area contributed by atoms with Crippen LogP contribution in [0.5, 0.6) is 0 Å². The number of hydrogen-bond donors (Lipinski definition) is 1. The zero-order valence-corrected chi connectivity index (χ0v) is 15.4. The molecule has 0 spiro atoms. The van der Waals surface area contributed by atoms with E-state index in [0.29, 0.717) is 0 Å². The topological polar surface area (TPSA) is 46.2 Å². The van der Waals surface area contributed by atoms with Crippen LogP contribution in [0.15, 0.2) is 95.9 Å². The molecule has 0 aliphatic heterocycles. The van der Waals surface area contributed by atoms with E-state index in [1.807, 2.05) is 79.7 Å². The lowest BCUT2D eigenvalue weighted by atomic mass is 10.1. The van der Waals surface area contributed by atoms with Gasteiger partial charge in [0.1, 0.15) is 0 Å². The molecule has 1 atom stereocenters. The summed E-state index contributed by atoms with van der Waals surface area (Å²) < 4.78 is 28.4. The fourth-order valence-electron chi connectivity index (χ4n) is 2.60. The van der Waals surface area contributed by atoms with Crippen LogP contribution in [0.4, 0.5) is 0 Å². The highest BCUT2D eigenvalue weighted by Crippen LogP contribution is 2.20. The van der Waals surface area contributed by atoms with Crippen molar-refractivity contribution >= 4 is 16.1 Å². The maximum absolute atomic E-state index is 12.8. The van der Waals surface area contributed by atoms with Crippen molar-refractivity contribution in [1.29, 1.82) is 0 Å². The highest BCUT2D eigenvalue weighted by molar-refractivity contribution is 7.89. The van der Waals surface area contributed by atoms with Gasteiger partial charge in [-0.15, -0.1) is 0 Å². The Morgan fingerprint density at radius 1 is 0.808 bits per heavy atom. The minimum atomic E-state index is -3.63. The molecular formula is C22H21NO2S. The van der Waals surface area contributed by atoms with E-state index in [1.54, 1.807) is 24.3 Å². The van der Waals surface area contributed by atoms with Crippen LogP contribution < -0.4 is 4.72 Å². The van der Waals surface area contributed by atoms with Crippen LogP contribution in [0.1, 0.15) is 22.7 Å². The molecule has 0 aromatic heterocycles. The van der Waals surface area contributed by atoms with E-state index in [1.165, 1.54) is 0 Å². The first-order chi connectivity index (χ1) is 12.5. The van der Waals surface area contributed by atoms with Crippen LogP contribution in [-0.4, -0.2) is 8.42 Å². The van der Waals surface area contributed by atoms with Crippen LogP contribution in [0.2, 0.25) is 0 Å². The van der Waals surface area contributed by atoms with Crippen LogP contribution >= 0.6 is 0 Å². The van der Waals surface area contributed by atoms with Gasteiger partial charge in [0, 0.05) is 0 Å². The molecule has 1 N–H and O–H groups in total. The number of hydrogen-bond acceptors (Lipinski definition) is 2. The Kier molecular flexibility index (Phi) is 5.66. The molecule has 0 aliphatic rings. The van der Waals surface area contributed by atoms with Gasteiger partial charge in [-0.2, -0.15) is 4.72 Å². The summed E-state index contributed by atoms with van der Waals surface area (Å²) >= 11 is 0. The van der Waals surface area contributed by atoms with Gasteiger partial charge in [0.2, 0.25) is 10.0 Å². The van der Waals surface area contributed by atoms with E-state index in [9.17, 15) is 8.42 Å². The number of rotatable bonds is 6. The van der Waals surface area contributed by atoms with Gasteiger partial charge >= 0.3 is 0 Å². The van der Waals surface area contributed by atoms with E-state index in [-0.39, 0.29) is 4.90 Å². The largest absolute Gasteiger partial charge is 0.241 e. The second kappa shape index (κ2) is 8.13. The van der Waals surface area contributed by atoms with Crippen molar-refractivity contribution in [3.05, 3.63) is 108 Å². The maximum atomic E-state index is 12.8. The zero-order valence-electron chi connectivity index (χ0n) is 14.5. The highest BCUT2D eigenvalue weighted by Gasteiger charge is 2.19. The molecule has 0 aliphatic carbocycles. The molecule has 0 amide bonds. The molecule has 1 unspecified atom stereocenters. The van der Waals surface area contributed by atoms with Gasteiger partial charge in [-0.25, -0.2) is 8.42 Å². The van der Waals surface area contributed by atoms with E-state index in [2.05, 4.69) is 4.72 Å². The molecule has 3 rings (SSSR count). The van der Waals surface area contributed by atoms with Crippen LogP contribution in [0, 0.1) is 6.92 Å². The standard InChI is InChI=1S/C22H21NO2S/c1-18-12-15-21(16-13-18)26(24,25)23-22(20-10-6-3-7-11-20)17-14-19-8-4-2-5-9-19/h2-17,22-23H,1H3. The zero-order chi connectivity index (χ0) is 18.4. The SMILES string of the molecule is Cc1ccc(S(=O)(=O)NC(C=Cc2ccccc2)c2ccccc2)cc1. The minimum absolute atomic E-state index is 0.261. The summed E-state index contributed by atoms with van der Waals surface area (Å²) in [6.07, 6.45) is 3.80. The summed E-state index contributed by atoms with van der Waals surface area (Å²) in [6.45, 7) is 1.93. The fourth-order valence-corrected chi connectivity index (χ4v) is 3.78. The average molecular weight is 363 g/mol. The highest BCUT2D eigenvalue weighted by atomic mass is 32.2. The van der Waals surface area contributed by atoms with E-state index in [4.69, 9.17) is 0 Å². The normalized spacial score (nSPS) is 13.0. The van der Waals surface area contributed by atoms with E-state index in [0.717, 1.165) is 16.7 Å². The van der Waals surface area contributed by atoms with Crippen molar-refractivity contribution in [1.82, 2.24) is 4.72 Å². The number of nitrogens with one attached hydrogen (secondary N) is 1. The van der Waals surface area contributed by atoms with Crippen molar-refractivity contribution in [2.75, 3.05) is 0 Å². The summed E-state index contributed by atoms with van der Waals surface area (Å²) in [5, 5.41) is 0. The molecule has 3 nitrogen and oxygen atoms in total. The predicted octanol–water partition coefficient (Wildman–Crippen LogP) is 4.73. The summed E-state index contributed by atoms with van der Waals surface area (Å²) in [7, 11) is -3.63. The van der Waals surface area contributed by atoms with Gasteiger partial charge < -0.3 is 0 Å². The molecule has 0 saturated carbocycles. The Morgan fingerprint density at radius 2 is 1.38 bits per heavy atom. The van der Waals surface area contributed by atoms with Crippen molar-refractivity contribution < 1.29 is 8.42 Å². The van der Waals surface area contributed by atoms with Crippen LogP contribution in [-0.2, 0) is 10.0 Å². The molecule has 3 aromatic carbocycles. The van der Waals surface area contributed by atoms with Crippen molar-refractivity contribution in [2.24, 2.45) is 0 Å². The molecule has 3 aromatic rings. The number of benzene rings is 3. The van der Waals surface area contributed by atoms with Crippen molar-refractivity contribution in [3.8, 4) is 0 Å². The molecule has 0 fully saturated rings. The van der Waals surface area contributed by atoms with Gasteiger partial charge in [0.25, 0.3) is 0 Å². The lowest BCUT2D eigenvalue weighted by Crippen LogP contribution is -2.27. The van der Waals surface area contributed by atoms with Crippen LogP contribution in [0.25, 0.3) is 6.08 Å². The third kappa shape index (κ3) is 4.69. The smallest absolute Gasteiger partial charge is 0.207 e. The fraction of sp³-hybridized carbons (Fsp3) is 0.0909. The number of sulfonamides is 1. The Bertz CT molecular complexity index is 964. The van der Waals surface area contributed by atoms with Crippen molar-refractivity contribution in [3.63, 3.8) is 0 Å². The molecular weight excluding hydrogens is 342 g/mol. The van der Waals surface area contributed by atoms with Gasteiger partial charge in [0.15, 0.2) is 0 Å².